The van der Waals surface area contributed by atoms with Gasteiger partial charge in [-0.15, -0.1) is 0 Å². The van der Waals surface area contributed by atoms with Gasteiger partial charge in [0.1, 0.15) is 5.58 Å². The minimum absolute atomic E-state index is 0.0103. The number of hydrogen-bond acceptors (Lipinski definition) is 3. The summed E-state index contributed by atoms with van der Waals surface area (Å²) in [6.45, 7) is 0.0103. The number of fused-ring (bicyclic) bond motifs is 1. The summed E-state index contributed by atoms with van der Waals surface area (Å²) in [5.74, 6) is 1.42. The largest absolute Gasteiger partial charge is 0.492 e. The van der Waals surface area contributed by atoms with Crippen molar-refractivity contribution in [1.29, 1.82) is 0 Å². The standard InChI is InChI=1S/C16H14O3/c1-18-16-13-7-2-3-8-14(13)19-15(16)12-6-4-5-11(9-12)10-17/h2-9,17H,10H2,1H3. The molecule has 2 aromatic carbocycles. The van der Waals surface area contributed by atoms with Crippen molar-refractivity contribution in [1.82, 2.24) is 0 Å². The second kappa shape index (κ2) is 4.78. The molecule has 0 atom stereocenters. The molecule has 0 saturated carbocycles. The van der Waals surface area contributed by atoms with Crippen LogP contribution in [-0.4, -0.2) is 12.2 Å². The fraction of sp³-hybridized carbons (Fsp3) is 0.125. The lowest BCUT2D eigenvalue weighted by molar-refractivity contribution is 0.282. The summed E-state index contributed by atoms with van der Waals surface area (Å²) in [7, 11) is 1.64. The van der Waals surface area contributed by atoms with Crippen LogP contribution >= 0.6 is 0 Å². The smallest absolute Gasteiger partial charge is 0.177 e. The van der Waals surface area contributed by atoms with Crippen LogP contribution in [0.15, 0.2) is 52.9 Å². The van der Waals surface area contributed by atoms with Gasteiger partial charge in [-0.05, 0) is 23.8 Å². The highest BCUT2D eigenvalue weighted by molar-refractivity contribution is 5.91. The van der Waals surface area contributed by atoms with Gasteiger partial charge in [-0.1, -0.05) is 30.3 Å². The quantitative estimate of drug-likeness (QED) is 0.776. The van der Waals surface area contributed by atoms with Gasteiger partial charge in [0, 0.05) is 5.56 Å². The molecular weight excluding hydrogens is 240 g/mol. The Kier molecular flexibility index (Phi) is 2.97. The third-order valence-corrected chi connectivity index (χ3v) is 3.13. The highest BCUT2D eigenvalue weighted by Gasteiger charge is 2.16. The van der Waals surface area contributed by atoms with E-state index >= 15 is 0 Å². The molecule has 0 aliphatic heterocycles. The van der Waals surface area contributed by atoms with Gasteiger partial charge in [-0.3, -0.25) is 0 Å². The average molecular weight is 254 g/mol. The minimum Gasteiger partial charge on any atom is -0.492 e. The predicted molar refractivity (Wildman–Crippen MR) is 74.1 cm³/mol. The van der Waals surface area contributed by atoms with Gasteiger partial charge >= 0.3 is 0 Å². The molecule has 96 valence electrons. The third-order valence-electron chi connectivity index (χ3n) is 3.13. The van der Waals surface area contributed by atoms with E-state index in [1.807, 2.05) is 48.5 Å². The van der Waals surface area contributed by atoms with Crippen LogP contribution in [0.2, 0.25) is 0 Å². The molecule has 0 radical (unpaired) electrons. The van der Waals surface area contributed by atoms with E-state index in [0.29, 0.717) is 5.76 Å². The van der Waals surface area contributed by atoms with E-state index in [9.17, 15) is 5.11 Å². The first-order valence-electron chi connectivity index (χ1n) is 6.09. The van der Waals surface area contributed by atoms with Crippen molar-refractivity contribution in [3.05, 3.63) is 54.1 Å². The molecule has 3 heteroatoms. The van der Waals surface area contributed by atoms with Crippen LogP contribution in [0, 0.1) is 0 Å². The number of ether oxygens (including phenoxy) is 1. The van der Waals surface area contributed by atoms with Gasteiger partial charge in [-0.25, -0.2) is 0 Å². The van der Waals surface area contributed by atoms with Crippen LogP contribution in [0.5, 0.6) is 5.75 Å². The summed E-state index contributed by atoms with van der Waals surface area (Å²) in [6, 6.07) is 15.4. The first kappa shape index (κ1) is 11.8. The maximum absolute atomic E-state index is 9.21. The van der Waals surface area contributed by atoms with E-state index in [1.54, 1.807) is 7.11 Å². The van der Waals surface area contributed by atoms with E-state index in [0.717, 1.165) is 27.8 Å². The monoisotopic (exact) mass is 254 g/mol. The van der Waals surface area contributed by atoms with Gasteiger partial charge in [0.05, 0.1) is 19.1 Å². The second-order valence-corrected chi connectivity index (χ2v) is 4.32. The van der Waals surface area contributed by atoms with Crippen molar-refractivity contribution in [2.24, 2.45) is 0 Å². The van der Waals surface area contributed by atoms with Crippen molar-refractivity contribution in [3.63, 3.8) is 0 Å². The number of methoxy groups -OCH3 is 1. The van der Waals surface area contributed by atoms with Crippen molar-refractivity contribution in [2.45, 2.75) is 6.61 Å². The van der Waals surface area contributed by atoms with E-state index in [2.05, 4.69) is 0 Å². The van der Waals surface area contributed by atoms with Gasteiger partial charge in [0.25, 0.3) is 0 Å². The fourth-order valence-electron chi connectivity index (χ4n) is 2.23. The number of para-hydroxylation sites is 1. The Morgan fingerprint density at radius 2 is 1.95 bits per heavy atom. The molecule has 1 aromatic heterocycles. The lowest BCUT2D eigenvalue weighted by Crippen LogP contribution is -1.86. The van der Waals surface area contributed by atoms with Crippen LogP contribution in [0.1, 0.15) is 5.56 Å². The molecule has 0 unspecified atom stereocenters. The molecule has 0 spiro atoms. The normalized spacial score (nSPS) is 10.8. The molecule has 0 aliphatic rings. The molecule has 0 amide bonds. The maximum Gasteiger partial charge on any atom is 0.177 e. The third kappa shape index (κ3) is 1.98. The van der Waals surface area contributed by atoms with E-state index in [1.165, 1.54) is 0 Å². The first-order chi connectivity index (χ1) is 9.33. The molecule has 0 saturated heterocycles. The highest BCUT2D eigenvalue weighted by atomic mass is 16.5. The van der Waals surface area contributed by atoms with Crippen molar-refractivity contribution >= 4 is 11.0 Å². The number of furan rings is 1. The average Bonchev–Trinajstić information content (AvgIpc) is 2.86. The highest BCUT2D eigenvalue weighted by Crippen LogP contribution is 2.39. The topological polar surface area (TPSA) is 42.6 Å². The van der Waals surface area contributed by atoms with Crippen LogP contribution in [0.25, 0.3) is 22.3 Å². The zero-order valence-electron chi connectivity index (χ0n) is 10.6. The zero-order valence-corrected chi connectivity index (χ0v) is 10.6. The number of rotatable bonds is 3. The summed E-state index contributed by atoms with van der Waals surface area (Å²) >= 11 is 0. The van der Waals surface area contributed by atoms with Gasteiger partial charge in [-0.2, -0.15) is 0 Å². The molecule has 3 aromatic rings. The number of aliphatic hydroxyl groups excluding tert-OH is 1. The summed E-state index contributed by atoms with van der Waals surface area (Å²) in [4.78, 5) is 0. The van der Waals surface area contributed by atoms with Gasteiger partial charge in [0.15, 0.2) is 11.5 Å². The Labute approximate surface area is 111 Å². The van der Waals surface area contributed by atoms with E-state index < -0.39 is 0 Å². The Bertz CT molecular complexity index is 713. The minimum atomic E-state index is 0.0103. The van der Waals surface area contributed by atoms with Crippen molar-refractivity contribution < 1.29 is 14.3 Å². The first-order valence-corrected chi connectivity index (χ1v) is 6.09. The summed E-state index contributed by atoms with van der Waals surface area (Å²) in [5, 5.41) is 10.2. The summed E-state index contributed by atoms with van der Waals surface area (Å²) in [6.07, 6.45) is 0. The van der Waals surface area contributed by atoms with Gasteiger partial charge in [0.2, 0.25) is 0 Å². The lowest BCUT2D eigenvalue weighted by Gasteiger charge is -2.03. The Hall–Kier alpha value is -2.26. The Balaban J connectivity index is 2.23. The molecule has 0 bridgehead atoms. The van der Waals surface area contributed by atoms with E-state index in [-0.39, 0.29) is 6.61 Å². The SMILES string of the molecule is COc1c(-c2cccc(CO)c2)oc2ccccc12. The molecule has 0 aliphatic carbocycles. The van der Waals surface area contributed by atoms with Crippen LogP contribution in [-0.2, 0) is 6.61 Å². The molecule has 1 N–H and O–H groups in total. The van der Waals surface area contributed by atoms with Crippen LogP contribution in [0.4, 0.5) is 0 Å². The second-order valence-electron chi connectivity index (χ2n) is 4.32. The zero-order chi connectivity index (χ0) is 13.2. The predicted octanol–water partition coefficient (Wildman–Crippen LogP) is 3.60. The maximum atomic E-state index is 9.21. The Morgan fingerprint density at radius 3 is 2.74 bits per heavy atom. The van der Waals surface area contributed by atoms with E-state index in [4.69, 9.17) is 9.15 Å². The number of aliphatic hydroxyl groups is 1. The van der Waals surface area contributed by atoms with Crippen molar-refractivity contribution in [2.75, 3.05) is 7.11 Å². The van der Waals surface area contributed by atoms with Crippen LogP contribution in [0.3, 0.4) is 0 Å². The number of hydrogen-bond donors (Lipinski definition) is 1. The Morgan fingerprint density at radius 1 is 1.11 bits per heavy atom. The summed E-state index contributed by atoms with van der Waals surface area (Å²) in [5.41, 5.74) is 2.54. The molecule has 1 heterocycles. The fourth-order valence-corrected chi connectivity index (χ4v) is 2.23. The molecule has 3 rings (SSSR count). The van der Waals surface area contributed by atoms with Crippen LogP contribution < -0.4 is 4.74 Å². The molecule has 0 fully saturated rings. The van der Waals surface area contributed by atoms with Crippen molar-refractivity contribution in [3.8, 4) is 17.1 Å². The molecular formula is C16H14O3. The lowest BCUT2D eigenvalue weighted by atomic mass is 10.1. The molecule has 3 nitrogen and oxygen atoms in total. The molecule has 19 heavy (non-hydrogen) atoms. The van der Waals surface area contributed by atoms with Gasteiger partial charge < -0.3 is 14.3 Å². The summed E-state index contributed by atoms with van der Waals surface area (Å²) < 4.78 is 11.3. The number of benzene rings is 2.